The first kappa shape index (κ1) is 27.8. The zero-order valence-electron chi connectivity index (χ0n) is 19.2. The summed E-state index contributed by atoms with van der Waals surface area (Å²) in [6, 6.07) is 12.8. The molecule has 0 spiro atoms. The number of aliphatic hydroxyl groups excluding tert-OH is 1. The van der Waals surface area contributed by atoms with Gasteiger partial charge in [-0.15, -0.1) is 24.6 Å². The van der Waals surface area contributed by atoms with Crippen LogP contribution in [0.3, 0.4) is 0 Å². The van der Waals surface area contributed by atoms with Crippen molar-refractivity contribution in [2.75, 3.05) is 5.75 Å². The number of rotatable bonds is 8. The maximum absolute atomic E-state index is 8.80. The van der Waals surface area contributed by atoms with Gasteiger partial charge in [0.2, 0.25) is 0 Å². The van der Waals surface area contributed by atoms with E-state index in [2.05, 4.69) is 93.8 Å². The molecule has 0 aliphatic rings. The summed E-state index contributed by atoms with van der Waals surface area (Å²) in [6.45, 7) is 12.1. The van der Waals surface area contributed by atoms with E-state index in [1.54, 1.807) is 18.7 Å². The molecular formula is C26H38N2OS. The molecule has 0 saturated carbocycles. The number of allylic oxidation sites excluding steroid dienone is 1. The van der Waals surface area contributed by atoms with E-state index >= 15 is 0 Å². The molecule has 30 heavy (non-hydrogen) atoms. The summed E-state index contributed by atoms with van der Waals surface area (Å²) in [5.74, 6) is 0.802. The van der Waals surface area contributed by atoms with Crippen molar-refractivity contribution in [2.45, 2.75) is 66.7 Å². The molecule has 0 aliphatic carbocycles. The summed E-state index contributed by atoms with van der Waals surface area (Å²) in [4.78, 5) is 4.73. The van der Waals surface area contributed by atoms with Gasteiger partial charge in [-0.05, 0) is 56.2 Å². The van der Waals surface area contributed by atoms with E-state index < -0.39 is 0 Å². The van der Waals surface area contributed by atoms with E-state index in [4.69, 9.17) is 10.1 Å². The molecule has 0 radical (unpaired) electrons. The van der Waals surface area contributed by atoms with Crippen molar-refractivity contribution in [3.05, 3.63) is 76.3 Å². The first-order chi connectivity index (χ1) is 14.5. The Morgan fingerprint density at radius 2 is 1.70 bits per heavy atom. The third-order valence-corrected chi connectivity index (χ3v) is 4.98. The van der Waals surface area contributed by atoms with Crippen LogP contribution in [0.25, 0.3) is 0 Å². The second-order valence-electron chi connectivity index (χ2n) is 7.02. The second kappa shape index (κ2) is 17.6. The number of terminal acetylenes is 1. The SMILES string of the molecule is C#C.CC/C=C\SCC(C)O.CCCn1cc(C)ccc1=NCc1ccc(C)cc1. The Labute approximate surface area is 188 Å². The molecule has 3 nitrogen and oxygen atoms in total. The van der Waals surface area contributed by atoms with Gasteiger partial charge in [-0.2, -0.15) is 0 Å². The first-order valence-corrected chi connectivity index (χ1v) is 11.5. The van der Waals surface area contributed by atoms with Gasteiger partial charge < -0.3 is 9.67 Å². The second-order valence-corrected chi connectivity index (χ2v) is 7.96. The van der Waals surface area contributed by atoms with Gasteiger partial charge >= 0.3 is 0 Å². The Morgan fingerprint density at radius 1 is 1.07 bits per heavy atom. The molecule has 0 fully saturated rings. The van der Waals surface area contributed by atoms with Crippen LogP contribution in [0.1, 0.15) is 50.3 Å². The van der Waals surface area contributed by atoms with Gasteiger partial charge in [0.1, 0.15) is 5.49 Å². The predicted octanol–water partition coefficient (Wildman–Crippen LogP) is 5.89. The quantitative estimate of drug-likeness (QED) is 0.535. The summed E-state index contributed by atoms with van der Waals surface area (Å²) in [6.07, 6.45) is 14.3. The number of nitrogens with zero attached hydrogens (tertiary/aromatic N) is 2. The third kappa shape index (κ3) is 13.1. The molecule has 2 rings (SSSR count). The minimum Gasteiger partial charge on any atom is -0.393 e. The molecule has 1 heterocycles. The molecule has 1 aromatic carbocycles. The van der Waals surface area contributed by atoms with Crippen LogP contribution in [0.2, 0.25) is 0 Å². The fraction of sp³-hybridized carbons (Fsp3) is 0.423. The molecule has 1 N–H and O–H groups in total. The van der Waals surface area contributed by atoms with E-state index in [0.717, 1.165) is 37.2 Å². The number of pyridine rings is 1. The summed E-state index contributed by atoms with van der Waals surface area (Å²) >= 11 is 1.66. The molecule has 1 unspecified atom stereocenters. The summed E-state index contributed by atoms with van der Waals surface area (Å²) < 4.78 is 2.24. The fourth-order valence-electron chi connectivity index (χ4n) is 2.45. The lowest BCUT2D eigenvalue weighted by Crippen LogP contribution is -2.20. The van der Waals surface area contributed by atoms with Crippen molar-refractivity contribution in [2.24, 2.45) is 4.99 Å². The monoisotopic (exact) mass is 426 g/mol. The summed E-state index contributed by atoms with van der Waals surface area (Å²) in [5.41, 5.74) is 4.89. The highest BCUT2D eigenvalue weighted by molar-refractivity contribution is 8.02. The number of hydrogen-bond donors (Lipinski definition) is 1. The average Bonchev–Trinajstić information content (AvgIpc) is 2.74. The Balaban J connectivity index is 0.000000648. The molecule has 0 aliphatic heterocycles. The van der Waals surface area contributed by atoms with E-state index in [1.807, 2.05) is 5.41 Å². The maximum Gasteiger partial charge on any atom is 0.127 e. The first-order valence-electron chi connectivity index (χ1n) is 10.5. The molecule has 2 aromatic rings. The largest absolute Gasteiger partial charge is 0.393 e. The number of thioether (sulfide) groups is 1. The van der Waals surface area contributed by atoms with Crippen molar-refractivity contribution in [1.82, 2.24) is 4.57 Å². The standard InChI is InChI=1S/C17H22N2.C7H14OS.C2H2/c1-4-11-19-13-15(3)7-10-17(19)18-12-16-8-5-14(2)6-9-16;1-3-4-5-9-6-7(2)8;1-2/h5-10,13H,4,11-12H2,1-3H3;4-5,7-8H,3,6H2,1-2H3;1-2H/b;5-4-;. The topological polar surface area (TPSA) is 37.5 Å². The Hall–Kier alpha value is -2.22. The number of benzene rings is 1. The van der Waals surface area contributed by atoms with Crippen LogP contribution in [-0.4, -0.2) is 21.5 Å². The Morgan fingerprint density at radius 3 is 2.27 bits per heavy atom. The number of aromatic nitrogens is 1. The van der Waals surface area contributed by atoms with E-state index in [0.29, 0.717) is 0 Å². The van der Waals surface area contributed by atoms with Crippen LogP contribution in [-0.2, 0) is 13.1 Å². The molecular weight excluding hydrogens is 388 g/mol. The number of aryl methyl sites for hydroxylation is 3. The number of hydrogen-bond acceptors (Lipinski definition) is 3. The zero-order chi connectivity index (χ0) is 22.8. The van der Waals surface area contributed by atoms with Gasteiger partial charge in [-0.25, -0.2) is 0 Å². The smallest absolute Gasteiger partial charge is 0.127 e. The van der Waals surface area contributed by atoms with Crippen LogP contribution in [0.4, 0.5) is 0 Å². The van der Waals surface area contributed by atoms with E-state index in [9.17, 15) is 0 Å². The van der Waals surface area contributed by atoms with Crippen molar-refractivity contribution in [1.29, 1.82) is 0 Å². The highest BCUT2D eigenvalue weighted by Crippen LogP contribution is 2.05. The lowest BCUT2D eigenvalue weighted by Gasteiger charge is -2.07. The van der Waals surface area contributed by atoms with Crippen LogP contribution in [0, 0.1) is 26.7 Å². The Kier molecular flexibility index (Phi) is 16.3. The van der Waals surface area contributed by atoms with Crippen LogP contribution in [0.15, 0.2) is 59.1 Å². The van der Waals surface area contributed by atoms with E-state index in [-0.39, 0.29) is 6.10 Å². The predicted molar refractivity (Wildman–Crippen MR) is 133 cm³/mol. The van der Waals surface area contributed by atoms with Gasteiger partial charge in [-0.1, -0.05) is 55.8 Å². The highest BCUT2D eigenvalue weighted by Gasteiger charge is 1.95. The minimum atomic E-state index is -0.184. The van der Waals surface area contributed by atoms with Gasteiger partial charge in [0.25, 0.3) is 0 Å². The maximum atomic E-state index is 8.80. The van der Waals surface area contributed by atoms with Crippen LogP contribution >= 0.6 is 11.8 Å². The molecule has 164 valence electrons. The van der Waals surface area contributed by atoms with Crippen molar-refractivity contribution >= 4 is 11.8 Å². The minimum absolute atomic E-state index is 0.184. The van der Waals surface area contributed by atoms with Crippen molar-refractivity contribution in [3.8, 4) is 12.8 Å². The van der Waals surface area contributed by atoms with E-state index in [1.165, 1.54) is 16.7 Å². The zero-order valence-corrected chi connectivity index (χ0v) is 20.0. The normalized spacial score (nSPS) is 11.9. The van der Waals surface area contributed by atoms with Crippen molar-refractivity contribution in [3.63, 3.8) is 0 Å². The van der Waals surface area contributed by atoms with Gasteiger partial charge in [0.05, 0.1) is 12.6 Å². The van der Waals surface area contributed by atoms with Crippen LogP contribution in [0.5, 0.6) is 0 Å². The third-order valence-electron chi connectivity index (χ3n) is 3.92. The lowest BCUT2D eigenvalue weighted by atomic mass is 10.1. The molecule has 0 saturated heterocycles. The average molecular weight is 427 g/mol. The van der Waals surface area contributed by atoms with Crippen molar-refractivity contribution < 1.29 is 5.11 Å². The molecule has 0 bridgehead atoms. The molecule has 1 atom stereocenters. The highest BCUT2D eigenvalue weighted by atomic mass is 32.2. The Bertz CT molecular complexity index is 802. The lowest BCUT2D eigenvalue weighted by molar-refractivity contribution is 0.220. The molecule has 4 heteroatoms. The van der Waals surface area contributed by atoms with Gasteiger partial charge in [0.15, 0.2) is 0 Å². The molecule has 1 aromatic heterocycles. The van der Waals surface area contributed by atoms with Crippen LogP contribution < -0.4 is 5.49 Å². The summed E-state index contributed by atoms with van der Waals surface area (Å²) in [5, 5.41) is 10.8. The molecule has 0 amide bonds. The van der Waals surface area contributed by atoms with Gasteiger partial charge in [-0.3, -0.25) is 4.99 Å². The number of aliphatic hydroxyl groups is 1. The fourth-order valence-corrected chi connectivity index (χ4v) is 3.16. The van der Waals surface area contributed by atoms with Gasteiger partial charge in [0, 0.05) is 18.5 Å². The summed E-state index contributed by atoms with van der Waals surface area (Å²) in [7, 11) is 0.